The highest BCUT2D eigenvalue weighted by atomic mass is 16.5. The van der Waals surface area contributed by atoms with E-state index in [-0.39, 0.29) is 18.9 Å². The third-order valence-electron chi connectivity index (χ3n) is 3.38. The Hall–Kier alpha value is -3.99. The molecular weight excluding hydrogens is 348 g/mol. The van der Waals surface area contributed by atoms with Gasteiger partial charge in [-0.25, -0.2) is 4.79 Å². The molecule has 138 valence electrons. The van der Waals surface area contributed by atoms with Crippen LogP contribution in [0, 0.1) is 11.5 Å². The molecule has 0 spiro atoms. The number of esters is 1. The predicted molar refractivity (Wildman–Crippen MR) is 101 cm³/mol. The van der Waals surface area contributed by atoms with Crippen LogP contribution >= 0.6 is 0 Å². The minimum absolute atomic E-state index is 0.0103. The molecule has 2 aromatic rings. The van der Waals surface area contributed by atoms with Crippen molar-refractivity contribution >= 4 is 35.0 Å². The van der Waals surface area contributed by atoms with Gasteiger partial charge >= 0.3 is 5.97 Å². The van der Waals surface area contributed by atoms with Gasteiger partial charge in [0, 0.05) is 11.8 Å². The summed E-state index contributed by atoms with van der Waals surface area (Å²) in [6, 6.07) is 11.3. The number of rotatable bonds is 7. The molecule has 0 unspecified atom stereocenters. The molecule has 0 aliphatic carbocycles. The SMILES string of the molecule is N#COc1ccc(/C=C/C(=O)OCCC(=O)Nc2ccc(N)cc2N)cc1. The maximum absolute atomic E-state index is 11.9. The summed E-state index contributed by atoms with van der Waals surface area (Å²) in [4.78, 5) is 23.5. The summed E-state index contributed by atoms with van der Waals surface area (Å²) in [6.07, 6.45) is 4.35. The molecule has 0 saturated carbocycles. The minimum atomic E-state index is -0.577. The van der Waals surface area contributed by atoms with E-state index in [1.165, 1.54) is 6.08 Å². The highest BCUT2D eigenvalue weighted by Gasteiger charge is 2.07. The molecule has 0 aliphatic rings. The van der Waals surface area contributed by atoms with Crippen molar-refractivity contribution in [2.24, 2.45) is 0 Å². The number of hydrogen-bond acceptors (Lipinski definition) is 7. The van der Waals surface area contributed by atoms with E-state index in [2.05, 4.69) is 10.1 Å². The lowest BCUT2D eigenvalue weighted by Gasteiger charge is -2.08. The van der Waals surface area contributed by atoms with Crippen molar-refractivity contribution in [1.82, 2.24) is 0 Å². The zero-order valence-electron chi connectivity index (χ0n) is 14.3. The lowest BCUT2D eigenvalue weighted by Crippen LogP contribution is -2.16. The summed E-state index contributed by atoms with van der Waals surface area (Å²) >= 11 is 0. The smallest absolute Gasteiger partial charge is 0.330 e. The van der Waals surface area contributed by atoms with Crippen molar-refractivity contribution in [2.75, 3.05) is 23.4 Å². The summed E-state index contributed by atoms with van der Waals surface area (Å²) in [7, 11) is 0. The fourth-order valence-electron chi connectivity index (χ4n) is 2.06. The molecular formula is C19H18N4O4. The average Bonchev–Trinajstić information content (AvgIpc) is 2.64. The van der Waals surface area contributed by atoms with Crippen LogP contribution < -0.4 is 21.5 Å². The van der Waals surface area contributed by atoms with Gasteiger partial charge in [-0.1, -0.05) is 12.1 Å². The van der Waals surface area contributed by atoms with Gasteiger partial charge in [0.2, 0.25) is 5.91 Å². The maximum Gasteiger partial charge on any atom is 0.330 e. The van der Waals surface area contributed by atoms with Crippen molar-refractivity contribution in [1.29, 1.82) is 5.26 Å². The van der Waals surface area contributed by atoms with Gasteiger partial charge in [0.15, 0.2) is 0 Å². The Kier molecular flexibility index (Phi) is 6.79. The molecule has 0 aromatic heterocycles. The van der Waals surface area contributed by atoms with E-state index >= 15 is 0 Å². The first-order chi connectivity index (χ1) is 13.0. The van der Waals surface area contributed by atoms with Crippen molar-refractivity contribution in [3.8, 4) is 12.0 Å². The van der Waals surface area contributed by atoms with Gasteiger partial charge in [-0.05, 0) is 42.0 Å². The molecule has 8 heteroatoms. The second kappa shape index (κ2) is 9.48. The lowest BCUT2D eigenvalue weighted by molar-refractivity contribution is -0.138. The molecule has 0 heterocycles. The number of nitrogens with one attached hydrogen (secondary N) is 1. The number of carbonyl (C=O) groups is 2. The van der Waals surface area contributed by atoms with Gasteiger partial charge in [0.25, 0.3) is 6.26 Å². The van der Waals surface area contributed by atoms with E-state index in [4.69, 9.17) is 21.5 Å². The zero-order valence-corrected chi connectivity index (χ0v) is 14.3. The first-order valence-electron chi connectivity index (χ1n) is 7.93. The fraction of sp³-hybridized carbons (Fsp3) is 0.105. The molecule has 0 bridgehead atoms. The van der Waals surface area contributed by atoms with E-state index < -0.39 is 5.97 Å². The van der Waals surface area contributed by atoms with E-state index in [1.807, 2.05) is 0 Å². The summed E-state index contributed by atoms with van der Waals surface area (Å²) in [5.74, 6) is -0.506. The fourth-order valence-corrected chi connectivity index (χ4v) is 2.06. The summed E-state index contributed by atoms with van der Waals surface area (Å²) in [6.45, 7) is -0.0706. The number of anilines is 3. The quantitative estimate of drug-likeness (QED) is 0.295. The largest absolute Gasteiger partial charge is 0.462 e. The average molecular weight is 366 g/mol. The Balaban J connectivity index is 1.75. The van der Waals surface area contributed by atoms with Gasteiger partial charge in [0.05, 0.1) is 17.8 Å². The molecule has 0 saturated heterocycles. The van der Waals surface area contributed by atoms with E-state index in [1.54, 1.807) is 54.8 Å². The second-order valence-corrected chi connectivity index (χ2v) is 5.41. The molecule has 0 aliphatic heterocycles. The summed E-state index contributed by atoms with van der Waals surface area (Å²) in [5.41, 5.74) is 13.4. The third kappa shape index (κ3) is 6.43. The highest BCUT2D eigenvalue weighted by Crippen LogP contribution is 2.21. The van der Waals surface area contributed by atoms with Crippen LogP contribution in [0.1, 0.15) is 12.0 Å². The summed E-state index contributed by atoms with van der Waals surface area (Å²) < 4.78 is 9.63. The van der Waals surface area contributed by atoms with Crippen LogP contribution in [0.25, 0.3) is 6.08 Å². The molecule has 0 radical (unpaired) electrons. The van der Waals surface area contributed by atoms with Crippen molar-refractivity contribution in [3.63, 3.8) is 0 Å². The minimum Gasteiger partial charge on any atom is -0.462 e. The Morgan fingerprint density at radius 3 is 2.56 bits per heavy atom. The lowest BCUT2D eigenvalue weighted by atomic mass is 10.2. The van der Waals surface area contributed by atoms with E-state index in [0.29, 0.717) is 22.8 Å². The number of nitriles is 1. The first-order valence-corrected chi connectivity index (χ1v) is 7.93. The number of ether oxygens (including phenoxy) is 2. The van der Waals surface area contributed by atoms with E-state index in [9.17, 15) is 9.59 Å². The van der Waals surface area contributed by atoms with Crippen LogP contribution in [-0.4, -0.2) is 18.5 Å². The van der Waals surface area contributed by atoms with Crippen LogP contribution in [-0.2, 0) is 14.3 Å². The first kappa shape index (κ1) is 19.3. The van der Waals surface area contributed by atoms with Crippen LogP contribution in [0.2, 0.25) is 0 Å². The molecule has 5 N–H and O–H groups in total. The van der Waals surface area contributed by atoms with Crippen LogP contribution in [0.4, 0.5) is 17.1 Å². The van der Waals surface area contributed by atoms with Gasteiger partial charge in [0.1, 0.15) is 12.4 Å². The number of nitrogen functional groups attached to an aromatic ring is 2. The second-order valence-electron chi connectivity index (χ2n) is 5.41. The molecule has 8 nitrogen and oxygen atoms in total. The highest BCUT2D eigenvalue weighted by molar-refractivity contribution is 5.94. The van der Waals surface area contributed by atoms with Crippen molar-refractivity contribution in [3.05, 3.63) is 54.1 Å². The third-order valence-corrected chi connectivity index (χ3v) is 3.38. The van der Waals surface area contributed by atoms with Gasteiger partial charge in [-0.3, -0.25) is 4.79 Å². The maximum atomic E-state index is 11.9. The molecule has 2 rings (SSSR count). The van der Waals surface area contributed by atoms with Crippen LogP contribution in [0.3, 0.4) is 0 Å². The number of benzene rings is 2. The number of hydrogen-bond donors (Lipinski definition) is 3. The Labute approximate surface area is 156 Å². The monoisotopic (exact) mass is 366 g/mol. The normalized spacial score (nSPS) is 10.2. The van der Waals surface area contributed by atoms with E-state index in [0.717, 1.165) is 5.56 Å². The van der Waals surface area contributed by atoms with Crippen molar-refractivity contribution < 1.29 is 19.1 Å². The number of nitrogens with zero attached hydrogens (tertiary/aromatic N) is 1. The van der Waals surface area contributed by atoms with Gasteiger partial charge in [-0.2, -0.15) is 0 Å². The number of nitrogens with two attached hydrogens (primary N) is 2. The molecule has 2 aromatic carbocycles. The number of amides is 1. The van der Waals surface area contributed by atoms with Crippen LogP contribution in [0.5, 0.6) is 5.75 Å². The predicted octanol–water partition coefficient (Wildman–Crippen LogP) is 2.30. The Bertz CT molecular complexity index is 886. The Morgan fingerprint density at radius 1 is 1.15 bits per heavy atom. The zero-order chi connectivity index (χ0) is 19.6. The van der Waals surface area contributed by atoms with Crippen molar-refractivity contribution in [2.45, 2.75) is 6.42 Å². The van der Waals surface area contributed by atoms with Gasteiger partial charge < -0.3 is 26.3 Å². The van der Waals surface area contributed by atoms with Crippen LogP contribution in [0.15, 0.2) is 48.5 Å². The standard InChI is InChI=1S/C19H18N4O4/c20-12-27-15-5-1-13(2-6-15)3-8-19(25)26-10-9-18(24)23-17-7-4-14(21)11-16(17)22/h1-8,11H,9-10,21-22H2,(H,23,24)/b8-3+. The Morgan fingerprint density at radius 2 is 1.89 bits per heavy atom. The molecule has 27 heavy (non-hydrogen) atoms. The van der Waals surface area contributed by atoms with Gasteiger partial charge in [-0.15, -0.1) is 5.26 Å². The topological polar surface area (TPSA) is 140 Å². The summed E-state index contributed by atoms with van der Waals surface area (Å²) in [5, 5.41) is 11.0. The molecule has 1 amide bonds. The number of carbonyl (C=O) groups excluding carboxylic acids is 2. The molecule has 0 fully saturated rings. The molecule has 0 atom stereocenters.